The largest absolute Gasteiger partial charge is 0.314 e. The van der Waals surface area contributed by atoms with Crippen molar-refractivity contribution >= 4 is 23.2 Å². The maximum Gasteiger partial charge on any atom is 0.0468 e. The minimum absolute atomic E-state index is 0.383. The van der Waals surface area contributed by atoms with E-state index >= 15 is 0 Å². The lowest BCUT2D eigenvalue weighted by Gasteiger charge is -2.41. The molecule has 2 fully saturated rings. The van der Waals surface area contributed by atoms with E-state index in [1.54, 1.807) is 0 Å². The van der Waals surface area contributed by atoms with Crippen LogP contribution in [-0.2, 0) is 0 Å². The topological polar surface area (TPSA) is 15.3 Å². The molecule has 0 unspecified atom stereocenters. The van der Waals surface area contributed by atoms with E-state index in [2.05, 4.69) is 10.2 Å². The maximum atomic E-state index is 6.54. The molecule has 1 aromatic rings. The Bertz CT molecular complexity index is 428. The molecule has 4 heteroatoms. The summed E-state index contributed by atoms with van der Waals surface area (Å²) in [4.78, 5) is 2.60. The highest BCUT2D eigenvalue weighted by atomic mass is 35.5. The summed E-state index contributed by atoms with van der Waals surface area (Å²) in [5.74, 6) is 0.689. The molecule has 1 saturated carbocycles. The van der Waals surface area contributed by atoms with E-state index in [0.717, 1.165) is 41.8 Å². The van der Waals surface area contributed by atoms with Gasteiger partial charge < -0.3 is 5.32 Å². The van der Waals surface area contributed by atoms with Crippen molar-refractivity contribution in [2.75, 3.05) is 26.2 Å². The summed E-state index contributed by atoms with van der Waals surface area (Å²) in [7, 11) is 0. The van der Waals surface area contributed by atoms with Crippen molar-refractivity contribution in [1.82, 2.24) is 10.2 Å². The fraction of sp³-hybridized carbons (Fsp3) is 0.647. The van der Waals surface area contributed by atoms with Crippen LogP contribution in [0.15, 0.2) is 18.2 Å². The van der Waals surface area contributed by atoms with Crippen LogP contribution in [0.2, 0.25) is 10.0 Å². The number of halogens is 2. The summed E-state index contributed by atoms with van der Waals surface area (Å²) in [6.07, 6.45) is 6.66. The number of hydrogen-bond acceptors (Lipinski definition) is 2. The number of piperazine rings is 1. The van der Waals surface area contributed by atoms with Crippen molar-refractivity contribution in [3.8, 4) is 0 Å². The van der Waals surface area contributed by atoms with Crippen LogP contribution in [0.3, 0.4) is 0 Å². The Kier molecular flexibility index (Phi) is 5.44. The molecule has 1 aliphatic heterocycles. The molecular weight excluding hydrogens is 303 g/mol. The molecule has 0 aromatic heterocycles. The molecule has 21 heavy (non-hydrogen) atoms. The van der Waals surface area contributed by atoms with Crippen molar-refractivity contribution in [3.63, 3.8) is 0 Å². The summed E-state index contributed by atoms with van der Waals surface area (Å²) in [6.45, 7) is 4.29. The number of hydrogen-bond donors (Lipinski definition) is 1. The van der Waals surface area contributed by atoms with E-state index in [4.69, 9.17) is 23.2 Å². The Balaban J connectivity index is 1.94. The van der Waals surface area contributed by atoms with E-state index in [1.165, 1.54) is 32.1 Å². The van der Waals surface area contributed by atoms with Crippen LogP contribution in [0.25, 0.3) is 0 Å². The van der Waals surface area contributed by atoms with Gasteiger partial charge in [0, 0.05) is 47.8 Å². The second-order valence-electron chi connectivity index (χ2n) is 6.26. The van der Waals surface area contributed by atoms with E-state index < -0.39 is 0 Å². The minimum atomic E-state index is 0.383. The highest BCUT2D eigenvalue weighted by Gasteiger charge is 2.33. The zero-order valence-electron chi connectivity index (χ0n) is 12.5. The molecule has 116 valence electrons. The number of benzene rings is 1. The number of nitrogens with one attached hydrogen (secondary N) is 1. The first kappa shape index (κ1) is 15.6. The van der Waals surface area contributed by atoms with Gasteiger partial charge in [-0.05, 0) is 30.9 Å². The first-order valence-electron chi connectivity index (χ1n) is 8.16. The molecule has 2 aliphatic rings. The van der Waals surface area contributed by atoms with E-state index in [1.807, 2.05) is 18.2 Å². The molecule has 1 N–H and O–H groups in total. The predicted octanol–water partition coefficient (Wildman–Crippen LogP) is 4.52. The average molecular weight is 327 g/mol. The molecule has 1 atom stereocenters. The first-order valence-corrected chi connectivity index (χ1v) is 8.91. The first-order chi connectivity index (χ1) is 10.3. The standard InChI is InChI=1S/C17H24Cl2N2/c18-14-7-4-8-15(19)16(14)17(13-5-2-1-3-6-13)21-11-9-20-10-12-21/h4,7-8,13,17,20H,1-3,5-6,9-12H2/t17-/m0/s1. The molecule has 0 amide bonds. The lowest BCUT2D eigenvalue weighted by Crippen LogP contribution is -2.47. The van der Waals surface area contributed by atoms with Crippen LogP contribution < -0.4 is 5.32 Å². The monoisotopic (exact) mass is 326 g/mol. The molecular formula is C17H24Cl2N2. The van der Waals surface area contributed by atoms with Gasteiger partial charge >= 0.3 is 0 Å². The second-order valence-corrected chi connectivity index (χ2v) is 7.08. The van der Waals surface area contributed by atoms with Crippen molar-refractivity contribution < 1.29 is 0 Å². The summed E-state index contributed by atoms with van der Waals surface area (Å²) in [6, 6.07) is 6.31. The van der Waals surface area contributed by atoms with E-state index in [9.17, 15) is 0 Å². The fourth-order valence-corrected chi connectivity index (χ4v) is 4.54. The summed E-state index contributed by atoms with van der Waals surface area (Å²) < 4.78 is 0. The molecule has 0 radical (unpaired) electrons. The van der Waals surface area contributed by atoms with Gasteiger partial charge in [-0.1, -0.05) is 48.5 Å². The zero-order valence-corrected chi connectivity index (χ0v) is 14.0. The highest BCUT2D eigenvalue weighted by molar-refractivity contribution is 6.36. The van der Waals surface area contributed by atoms with Crippen LogP contribution in [0.4, 0.5) is 0 Å². The molecule has 0 spiro atoms. The van der Waals surface area contributed by atoms with E-state index in [0.29, 0.717) is 12.0 Å². The van der Waals surface area contributed by atoms with Gasteiger partial charge in [0.2, 0.25) is 0 Å². The van der Waals surface area contributed by atoms with Gasteiger partial charge in [0.25, 0.3) is 0 Å². The molecule has 3 rings (SSSR count). The Morgan fingerprint density at radius 3 is 2.24 bits per heavy atom. The zero-order chi connectivity index (χ0) is 14.7. The van der Waals surface area contributed by atoms with E-state index in [-0.39, 0.29) is 0 Å². The molecule has 2 nitrogen and oxygen atoms in total. The lowest BCUT2D eigenvalue weighted by molar-refractivity contribution is 0.103. The summed E-state index contributed by atoms with van der Waals surface area (Å²) in [5, 5.41) is 5.11. The van der Waals surface area contributed by atoms with Gasteiger partial charge in [-0.2, -0.15) is 0 Å². The van der Waals surface area contributed by atoms with Gasteiger partial charge in [-0.3, -0.25) is 4.90 Å². The SMILES string of the molecule is Clc1cccc(Cl)c1[C@H](C1CCCCC1)N1CCNCC1. The fourth-order valence-electron chi connectivity index (χ4n) is 3.92. The third-order valence-corrected chi connectivity index (χ3v) is 5.60. The Hall–Kier alpha value is -0.280. The summed E-state index contributed by atoms with van der Waals surface area (Å²) >= 11 is 13.1. The second kappa shape index (κ2) is 7.32. The van der Waals surface area contributed by atoms with Gasteiger partial charge in [-0.25, -0.2) is 0 Å². The van der Waals surface area contributed by atoms with Gasteiger partial charge in [0.1, 0.15) is 0 Å². The summed E-state index contributed by atoms with van der Waals surface area (Å²) in [5.41, 5.74) is 1.16. The maximum absolute atomic E-state index is 6.54. The third kappa shape index (κ3) is 3.56. The smallest absolute Gasteiger partial charge is 0.0468 e. The Morgan fingerprint density at radius 2 is 1.62 bits per heavy atom. The number of rotatable bonds is 3. The third-order valence-electron chi connectivity index (χ3n) is 4.94. The number of nitrogens with zero attached hydrogens (tertiary/aromatic N) is 1. The molecule has 1 aromatic carbocycles. The Morgan fingerprint density at radius 1 is 1.00 bits per heavy atom. The van der Waals surface area contributed by atoms with Crippen LogP contribution in [-0.4, -0.2) is 31.1 Å². The van der Waals surface area contributed by atoms with Crippen molar-refractivity contribution in [3.05, 3.63) is 33.8 Å². The van der Waals surface area contributed by atoms with Crippen LogP contribution in [0, 0.1) is 5.92 Å². The molecule has 1 aliphatic carbocycles. The molecule has 0 bridgehead atoms. The normalized spacial score (nSPS) is 23.1. The van der Waals surface area contributed by atoms with Gasteiger partial charge in [0.15, 0.2) is 0 Å². The van der Waals surface area contributed by atoms with Crippen LogP contribution in [0.1, 0.15) is 43.7 Å². The highest BCUT2D eigenvalue weighted by Crippen LogP contribution is 2.43. The lowest BCUT2D eigenvalue weighted by atomic mass is 9.80. The molecule has 1 heterocycles. The Labute approximate surface area is 137 Å². The minimum Gasteiger partial charge on any atom is -0.314 e. The van der Waals surface area contributed by atoms with Crippen molar-refractivity contribution in [2.24, 2.45) is 5.92 Å². The van der Waals surface area contributed by atoms with Gasteiger partial charge in [0.05, 0.1) is 0 Å². The van der Waals surface area contributed by atoms with Crippen LogP contribution >= 0.6 is 23.2 Å². The van der Waals surface area contributed by atoms with Crippen molar-refractivity contribution in [2.45, 2.75) is 38.1 Å². The van der Waals surface area contributed by atoms with Gasteiger partial charge in [-0.15, -0.1) is 0 Å². The predicted molar refractivity (Wildman–Crippen MR) is 90.2 cm³/mol. The average Bonchev–Trinajstić information content (AvgIpc) is 2.53. The van der Waals surface area contributed by atoms with Crippen molar-refractivity contribution in [1.29, 1.82) is 0 Å². The molecule has 1 saturated heterocycles. The quantitative estimate of drug-likeness (QED) is 0.878. The van der Waals surface area contributed by atoms with Crippen LogP contribution in [0.5, 0.6) is 0 Å².